The molecule has 2 N–H and O–H groups in total. The van der Waals surface area contributed by atoms with E-state index in [1.165, 1.54) is 12.5 Å². The number of hydrogen-bond acceptors (Lipinski definition) is 6. The van der Waals surface area contributed by atoms with Gasteiger partial charge in [-0.15, -0.1) is 0 Å². The molecule has 1 unspecified atom stereocenters. The lowest BCUT2D eigenvalue weighted by Gasteiger charge is -2.43. The molecule has 0 spiro atoms. The Hall–Kier alpha value is -2.84. The molecule has 3 fully saturated rings. The normalized spacial score (nSPS) is 24.3. The van der Waals surface area contributed by atoms with Gasteiger partial charge in [0.2, 0.25) is 0 Å². The summed E-state index contributed by atoms with van der Waals surface area (Å²) in [5, 5.41) is 14.0. The first-order chi connectivity index (χ1) is 17.9. The highest BCUT2D eigenvalue weighted by Gasteiger charge is 2.56. The number of piperazine rings is 1. The molecule has 9 heteroatoms. The molecule has 7 nitrogen and oxygen atoms in total. The fourth-order valence-corrected chi connectivity index (χ4v) is 6.60. The minimum absolute atomic E-state index is 0.0196. The van der Waals surface area contributed by atoms with E-state index in [0.29, 0.717) is 43.1 Å². The smallest absolute Gasteiger partial charge is 0.323 e. The fourth-order valence-electron chi connectivity index (χ4n) is 6.18. The fraction of sp³-hybridized carbons (Fsp3) is 0.500. The summed E-state index contributed by atoms with van der Waals surface area (Å²) in [6.07, 6.45) is 5.25. The van der Waals surface area contributed by atoms with Gasteiger partial charge in [-0.2, -0.15) is 0 Å². The second-order valence-electron chi connectivity index (χ2n) is 10.6. The molecule has 6 rings (SSSR count). The van der Waals surface area contributed by atoms with Crippen molar-refractivity contribution in [3.05, 3.63) is 52.3 Å². The van der Waals surface area contributed by atoms with Gasteiger partial charge < -0.3 is 25.1 Å². The van der Waals surface area contributed by atoms with Crippen LogP contribution in [0.5, 0.6) is 0 Å². The molecule has 0 aromatic heterocycles. The maximum Gasteiger partial charge on any atom is 0.323 e. The Kier molecular flexibility index (Phi) is 6.27. The summed E-state index contributed by atoms with van der Waals surface area (Å²) in [4.78, 5) is 33.2. The number of Topliss-reactive ketones (excluding diaryl/α,β-unsaturated/α-hetero) is 1. The van der Waals surface area contributed by atoms with E-state index in [4.69, 9.17) is 11.6 Å². The van der Waals surface area contributed by atoms with Crippen molar-refractivity contribution < 1.29 is 19.1 Å². The zero-order valence-electron chi connectivity index (χ0n) is 20.8. The number of fused-ring (bicyclic) bond motifs is 1. The lowest BCUT2D eigenvalue weighted by Crippen LogP contribution is -2.56. The third-order valence-corrected chi connectivity index (χ3v) is 8.72. The topological polar surface area (TPSA) is 76.1 Å². The highest BCUT2D eigenvalue weighted by atomic mass is 35.5. The third-order valence-electron chi connectivity index (χ3n) is 8.36. The Morgan fingerprint density at radius 3 is 2.30 bits per heavy atom. The van der Waals surface area contributed by atoms with Gasteiger partial charge in [0.1, 0.15) is 5.82 Å². The van der Waals surface area contributed by atoms with E-state index < -0.39 is 23.0 Å². The van der Waals surface area contributed by atoms with Crippen LogP contribution in [0.2, 0.25) is 5.02 Å². The van der Waals surface area contributed by atoms with E-state index in [1.54, 1.807) is 12.1 Å². The number of nitrogens with one attached hydrogen (secondary N) is 1. The maximum atomic E-state index is 15.6. The Morgan fingerprint density at radius 1 is 1.00 bits per heavy atom. The predicted octanol–water partition coefficient (Wildman–Crippen LogP) is 4.07. The lowest BCUT2D eigenvalue weighted by molar-refractivity contribution is -0.141. The van der Waals surface area contributed by atoms with Crippen LogP contribution in [0, 0.1) is 5.82 Å². The summed E-state index contributed by atoms with van der Waals surface area (Å²) < 4.78 is 15.6. The molecule has 2 aromatic carbocycles. The van der Waals surface area contributed by atoms with E-state index in [9.17, 15) is 14.7 Å². The predicted molar refractivity (Wildman–Crippen MR) is 143 cm³/mol. The molecule has 1 aliphatic carbocycles. The van der Waals surface area contributed by atoms with E-state index in [2.05, 4.69) is 10.2 Å². The molecule has 1 saturated carbocycles. The van der Waals surface area contributed by atoms with Gasteiger partial charge in [-0.05, 0) is 55.9 Å². The number of benzene rings is 2. The lowest BCUT2D eigenvalue weighted by atomic mass is 9.71. The third kappa shape index (κ3) is 4.05. The van der Waals surface area contributed by atoms with Gasteiger partial charge in [0, 0.05) is 63.1 Å². The summed E-state index contributed by atoms with van der Waals surface area (Å²) in [5.41, 5.74) is 0.454. The number of piperidine rings is 1. The van der Waals surface area contributed by atoms with Gasteiger partial charge >= 0.3 is 5.97 Å². The molecule has 2 saturated heterocycles. The van der Waals surface area contributed by atoms with Crippen molar-refractivity contribution in [2.45, 2.75) is 43.6 Å². The molecule has 37 heavy (non-hydrogen) atoms. The SMILES string of the molecule is O=C(O)C1(c2ccc(N3CCCCC3)cc2)CN(C2CC2)c2c(cc(F)c(N3CCNCC3)c2Cl)C1=O. The number of rotatable bonds is 5. The van der Waals surface area contributed by atoms with E-state index in [1.807, 2.05) is 21.9 Å². The summed E-state index contributed by atoms with van der Waals surface area (Å²) in [6.45, 7) is 4.57. The van der Waals surface area contributed by atoms with Crippen LogP contribution in [0.25, 0.3) is 0 Å². The van der Waals surface area contributed by atoms with Gasteiger partial charge in [-0.3, -0.25) is 9.59 Å². The molecule has 0 radical (unpaired) electrons. The van der Waals surface area contributed by atoms with Crippen LogP contribution in [-0.2, 0) is 10.2 Å². The van der Waals surface area contributed by atoms with Crippen LogP contribution < -0.4 is 20.0 Å². The first-order valence-corrected chi connectivity index (χ1v) is 13.7. The molecule has 2 aromatic rings. The highest BCUT2D eigenvalue weighted by molar-refractivity contribution is 6.38. The molecule has 1 atom stereocenters. The Morgan fingerprint density at radius 2 is 1.68 bits per heavy atom. The monoisotopic (exact) mass is 526 g/mol. The number of nitrogens with zero attached hydrogens (tertiary/aromatic N) is 3. The molecule has 3 aliphatic heterocycles. The Balaban J connectivity index is 1.44. The van der Waals surface area contributed by atoms with Crippen molar-refractivity contribution >= 4 is 40.4 Å². The van der Waals surface area contributed by atoms with E-state index >= 15 is 4.39 Å². The standard InChI is InChI=1S/C28H32ClFN4O3/c29-23-24-21(16-22(30)25(23)33-14-10-31-11-15-33)26(35)28(27(36)37,17-34(24)20-8-9-20)18-4-6-19(7-5-18)32-12-2-1-3-13-32/h4-7,16,20,31H,1-3,8-15,17H2,(H,36,37). The van der Waals surface area contributed by atoms with Crippen molar-refractivity contribution in [3.63, 3.8) is 0 Å². The second-order valence-corrected chi connectivity index (χ2v) is 11.0. The van der Waals surface area contributed by atoms with Crippen LogP contribution in [0.15, 0.2) is 30.3 Å². The summed E-state index contributed by atoms with van der Waals surface area (Å²) in [5.74, 6) is -2.41. The molecular formula is C28H32ClFN4O3. The minimum atomic E-state index is -1.83. The number of carbonyl (C=O) groups excluding carboxylic acids is 1. The zero-order chi connectivity index (χ0) is 25.7. The largest absolute Gasteiger partial charge is 0.480 e. The van der Waals surface area contributed by atoms with Gasteiger partial charge in [-0.1, -0.05) is 23.7 Å². The van der Waals surface area contributed by atoms with Crippen molar-refractivity contribution in [1.82, 2.24) is 5.32 Å². The minimum Gasteiger partial charge on any atom is -0.480 e. The average molecular weight is 527 g/mol. The quantitative estimate of drug-likeness (QED) is 0.569. The number of aliphatic carboxylic acids is 1. The summed E-state index contributed by atoms with van der Waals surface area (Å²) >= 11 is 6.87. The Bertz CT molecular complexity index is 1220. The van der Waals surface area contributed by atoms with Crippen LogP contribution in [0.1, 0.15) is 48.0 Å². The first kappa shape index (κ1) is 24.5. The molecule has 4 aliphatic rings. The molecular weight excluding hydrogens is 495 g/mol. The average Bonchev–Trinajstić information content (AvgIpc) is 3.76. The molecule has 0 bridgehead atoms. The van der Waals surface area contributed by atoms with Crippen LogP contribution in [0.3, 0.4) is 0 Å². The zero-order valence-corrected chi connectivity index (χ0v) is 21.6. The van der Waals surface area contributed by atoms with Crippen LogP contribution in [0.4, 0.5) is 21.5 Å². The van der Waals surface area contributed by atoms with Crippen molar-refractivity contribution in [3.8, 4) is 0 Å². The highest BCUT2D eigenvalue weighted by Crippen LogP contribution is 2.50. The summed E-state index contributed by atoms with van der Waals surface area (Å²) in [6, 6.07) is 8.65. The number of carbonyl (C=O) groups is 2. The number of anilines is 3. The van der Waals surface area contributed by atoms with E-state index in [0.717, 1.165) is 44.5 Å². The van der Waals surface area contributed by atoms with Crippen LogP contribution in [-0.4, -0.2) is 68.7 Å². The number of ketones is 1. The number of halogens is 2. The van der Waals surface area contributed by atoms with Crippen molar-refractivity contribution in [1.29, 1.82) is 0 Å². The molecule has 3 heterocycles. The van der Waals surface area contributed by atoms with Gasteiger partial charge in [-0.25, -0.2) is 4.39 Å². The second kappa shape index (κ2) is 9.48. The number of carboxylic acids is 1. The molecule has 0 amide bonds. The van der Waals surface area contributed by atoms with E-state index in [-0.39, 0.29) is 23.2 Å². The van der Waals surface area contributed by atoms with Gasteiger partial charge in [0.05, 0.1) is 16.4 Å². The van der Waals surface area contributed by atoms with Gasteiger partial charge in [0.15, 0.2) is 11.2 Å². The maximum absolute atomic E-state index is 15.6. The summed E-state index contributed by atoms with van der Waals surface area (Å²) in [7, 11) is 0. The number of carboxylic acid groups (broad SMARTS) is 1. The Labute approximate surface area is 221 Å². The van der Waals surface area contributed by atoms with Crippen molar-refractivity contribution in [2.75, 3.05) is 60.5 Å². The molecule has 196 valence electrons. The number of hydrogen-bond donors (Lipinski definition) is 2. The van der Waals surface area contributed by atoms with Crippen molar-refractivity contribution in [2.24, 2.45) is 0 Å². The van der Waals surface area contributed by atoms with Crippen LogP contribution >= 0.6 is 11.6 Å². The van der Waals surface area contributed by atoms with Gasteiger partial charge in [0.25, 0.3) is 0 Å². The first-order valence-electron chi connectivity index (χ1n) is 13.3.